The summed E-state index contributed by atoms with van der Waals surface area (Å²) in [4.78, 5) is 0. The Hall–Kier alpha value is -0.530. The van der Waals surface area contributed by atoms with Gasteiger partial charge in [-0.15, -0.1) is 12.3 Å². The third kappa shape index (κ3) is 4.30. The molecule has 0 heterocycles. The van der Waals surface area contributed by atoms with E-state index in [0.29, 0.717) is 12.8 Å². The summed E-state index contributed by atoms with van der Waals surface area (Å²) in [6.07, 6.45) is 7.66. The van der Waals surface area contributed by atoms with Gasteiger partial charge in [-0.05, 0) is 20.4 Å². The lowest BCUT2D eigenvalue weighted by atomic mass is 10.1. The van der Waals surface area contributed by atoms with Crippen LogP contribution in [0.1, 0.15) is 19.8 Å². The fourth-order valence-corrected chi connectivity index (χ4v) is 2.02. The van der Waals surface area contributed by atoms with Crippen LogP contribution in [-0.4, -0.2) is 33.0 Å². The lowest BCUT2D eigenvalue weighted by Crippen LogP contribution is -2.40. The second-order valence-electron chi connectivity index (χ2n) is 3.17. The summed E-state index contributed by atoms with van der Waals surface area (Å²) in [5, 5.41) is 2.58. The molecule has 0 rings (SSSR count). The van der Waals surface area contributed by atoms with Gasteiger partial charge in [-0.25, -0.2) is 8.42 Å². The van der Waals surface area contributed by atoms with E-state index >= 15 is 0 Å². The molecular formula is C9H17NO2S. The summed E-state index contributed by atoms with van der Waals surface area (Å²) in [5.41, 5.74) is 0. The van der Waals surface area contributed by atoms with Crippen LogP contribution in [0.5, 0.6) is 0 Å². The number of hydrogen-bond donors (Lipinski definition) is 1. The van der Waals surface area contributed by atoms with E-state index in [1.165, 1.54) is 6.26 Å². The van der Waals surface area contributed by atoms with Crippen molar-refractivity contribution < 1.29 is 8.42 Å². The van der Waals surface area contributed by atoms with Crippen LogP contribution in [0.2, 0.25) is 0 Å². The maximum Gasteiger partial charge on any atom is 0.151 e. The highest BCUT2D eigenvalue weighted by Gasteiger charge is 2.23. The molecule has 0 saturated heterocycles. The van der Waals surface area contributed by atoms with E-state index in [1.54, 1.807) is 14.0 Å². The average molecular weight is 203 g/mol. The Balaban J connectivity index is 4.34. The SMILES string of the molecule is C#CCCC(NC)C(C)S(C)(=O)=O. The molecule has 0 aliphatic rings. The van der Waals surface area contributed by atoms with Crippen molar-refractivity contribution in [3.8, 4) is 12.3 Å². The standard InChI is InChI=1S/C9H17NO2S/c1-5-6-7-9(10-3)8(2)13(4,11)12/h1,8-10H,6-7H2,2-4H3. The lowest BCUT2D eigenvalue weighted by molar-refractivity contribution is 0.497. The van der Waals surface area contributed by atoms with Crippen LogP contribution in [0.15, 0.2) is 0 Å². The van der Waals surface area contributed by atoms with Crippen molar-refractivity contribution in [3.63, 3.8) is 0 Å². The van der Waals surface area contributed by atoms with Crippen LogP contribution in [-0.2, 0) is 9.84 Å². The average Bonchev–Trinajstić information content (AvgIpc) is 2.04. The van der Waals surface area contributed by atoms with Crippen molar-refractivity contribution in [2.75, 3.05) is 13.3 Å². The van der Waals surface area contributed by atoms with Gasteiger partial charge in [-0.2, -0.15) is 0 Å². The first-order valence-corrected chi connectivity index (χ1v) is 6.18. The third-order valence-corrected chi connectivity index (χ3v) is 3.89. The van der Waals surface area contributed by atoms with Crippen molar-refractivity contribution in [3.05, 3.63) is 0 Å². The molecule has 76 valence electrons. The lowest BCUT2D eigenvalue weighted by Gasteiger charge is -2.20. The zero-order chi connectivity index (χ0) is 10.5. The topological polar surface area (TPSA) is 46.2 Å². The van der Waals surface area contributed by atoms with Gasteiger partial charge in [0.1, 0.15) is 0 Å². The molecule has 0 aliphatic heterocycles. The molecule has 3 nitrogen and oxygen atoms in total. The molecule has 1 N–H and O–H groups in total. The predicted molar refractivity (Wildman–Crippen MR) is 55.2 cm³/mol. The van der Waals surface area contributed by atoms with Crippen LogP contribution in [0, 0.1) is 12.3 Å². The Bertz CT molecular complexity index is 276. The van der Waals surface area contributed by atoms with Gasteiger partial charge in [0.2, 0.25) is 0 Å². The Labute approximate surface area is 80.8 Å². The van der Waals surface area contributed by atoms with E-state index in [0.717, 1.165) is 0 Å². The summed E-state index contributed by atoms with van der Waals surface area (Å²) in [7, 11) is -1.22. The molecule has 0 aromatic carbocycles. The van der Waals surface area contributed by atoms with Crippen molar-refractivity contribution >= 4 is 9.84 Å². The van der Waals surface area contributed by atoms with Gasteiger partial charge in [0.25, 0.3) is 0 Å². The van der Waals surface area contributed by atoms with Gasteiger partial charge >= 0.3 is 0 Å². The minimum absolute atomic E-state index is 0.0500. The maximum atomic E-state index is 11.2. The Morgan fingerprint density at radius 2 is 2.08 bits per heavy atom. The second-order valence-corrected chi connectivity index (χ2v) is 5.58. The number of rotatable bonds is 5. The van der Waals surface area contributed by atoms with Gasteiger partial charge in [0, 0.05) is 18.7 Å². The highest BCUT2D eigenvalue weighted by molar-refractivity contribution is 7.91. The molecule has 0 aliphatic carbocycles. The third-order valence-electron chi connectivity index (χ3n) is 2.21. The van der Waals surface area contributed by atoms with E-state index in [-0.39, 0.29) is 11.3 Å². The van der Waals surface area contributed by atoms with E-state index in [1.807, 2.05) is 0 Å². The van der Waals surface area contributed by atoms with Crippen LogP contribution in [0.4, 0.5) is 0 Å². The smallest absolute Gasteiger partial charge is 0.151 e. The molecule has 0 radical (unpaired) electrons. The minimum Gasteiger partial charge on any atom is -0.316 e. The predicted octanol–water partition coefficient (Wildman–Crippen LogP) is 0.421. The summed E-state index contributed by atoms with van der Waals surface area (Å²) in [6.45, 7) is 1.70. The molecule has 0 aromatic rings. The zero-order valence-electron chi connectivity index (χ0n) is 8.37. The van der Waals surface area contributed by atoms with Gasteiger partial charge < -0.3 is 5.32 Å². The number of sulfone groups is 1. The quantitative estimate of drug-likeness (QED) is 0.659. The summed E-state index contributed by atoms with van der Waals surface area (Å²) < 4.78 is 22.4. The summed E-state index contributed by atoms with van der Waals surface area (Å²) in [5.74, 6) is 2.50. The van der Waals surface area contributed by atoms with Crippen LogP contribution >= 0.6 is 0 Å². The Morgan fingerprint density at radius 1 is 1.54 bits per heavy atom. The van der Waals surface area contributed by atoms with Gasteiger partial charge in [-0.1, -0.05) is 0 Å². The molecule has 0 bridgehead atoms. The van der Waals surface area contributed by atoms with Crippen LogP contribution in [0.25, 0.3) is 0 Å². The molecule has 13 heavy (non-hydrogen) atoms. The fourth-order valence-electron chi connectivity index (χ4n) is 1.15. The van der Waals surface area contributed by atoms with Crippen molar-refractivity contribution in [2.45, 2.75) is 31.1 Å². The van der Waals surface area contributed by atoms with Gasteiger partial charge in [0.05, 0.1) is 5.25 Å². The van der Waals surface area contributed by atoms with Gasteiger partial charge in [-0.3, -0.25) is 0 Å². The van der Waals surface area contributed by atoms with E-state index in [2.05, 4.69) is 11.2 Å². The number of hydrogen-bond acceptors (Lipinski definition) is 3. The normalized spacial score (nSPS) is 16.2. The molecule has 2 unspecified atom stereocenters. The highest BCUT2D eigenvalue weighted by atomic mass is 32.2. The van der Waals surface area contributed by atoms with E-state index < -0.39 is 9.84 Å². The summed E-state index contributed by atoms with van der Waals surface area (Å²) >= 11 is 0. The summed E-state index contributed by atoms with van der Waals surface area (Å²) in [6, 6.07) is -0.0500. The highest BCUT2D eigenvalue weighted by Crippen LogP contribution is 2.09. The molecule has 2 atom stereocenters. The fraction of sp³-hybridized carbons (Fsp3) is 0.778. The first-order valence-electron chi connectivity index (χ1n) is 4.23. The van der Waals surface area contributed by atoms with Crippen molar-refractivity contribution in [1.29, 1.82) is 0 Å². The minimum atomic E-state index is -2.98. The second kappa shape index (κ2) is 5.25. The molecule has 0 saturated carbocycles. The number of terminal acetylenes is 1. The molecule has 0 amide bonds. The molecule has 0 aromatic heterocycles. The molecule has 0 spiro atoms. The monoisotopic (exact) mass is 203 g/mol. The Kier molecular flexibility index (Phi) is 5.04. The first-order chi connectivity index (χ1) is 5.93. The zero-order valence-corrected chi connectivity index (χ0v) is 9.19. The van der Waals surface area contributed by atoms with Crippen LogP contribution < -0.4 is 5.32 Å². The van der Waals surface area contributed by atoms with Gasteiger partial charge in [0.15, 0.2) is 9.84 Å². The van der Waals surface area contributed by atoms with Crippen molar-refractivity contribution in [2.24, 2.45) is 0 Å². The van der Waals surface area contributed by atoms with Crippen molar-refractivity contribution in [1.82, 2.24) is 5.32 Å². The Morgan fingerprint density at radius 3 is 2.38 bits per heavy atom. The molecular weight excluding hydrogens is 186 g/mol. The molecule has 0 fully saturated rings. The first kappa shape index (κ1) is 12.5. The van der Waals surface area contributed by atoms with E-state index in [9.17, 15) is 8.42 Å². The maximum absolute atomic E-state index is 11.2. The molecule has 4 heteroatoms. The van der Waals surface area contributed by atoms with Crippen LogP contribution in [0.3, 0.4) is 0 Å². The largest absolute Gasteiger partial charge is 0.316 e. The van der Waals surface area contributed by atoms with E-state index in [4.69, 9.17) is 6.42 Å². The number of nitrogens with one attached hydrogen (secondary N) is 1.